The Hall–Kier alpha value is -2.50. The predicted octanol–water partition coefficient (Wildman–Crippen LogP) is 1.44. The minimum absolute atomic E-state index is 0.380. The number of hydrogen-bond donors (Lipinski definition) is 2. The van der Waals surface area contributed by atoms with E-state index in [9.17, 15) is 9.59 Å². The second-order valence-electron chi connectivity index (χ2n) is 4.00. The van der Waals surface area contributed by atoms with Crippen molar-refractivity contribution in [1.82, 2.24) is 0 Å². The molecule has 1 unspecified atom stereocenters. The third-order valence-electron chi connectivity index (χ3n) is 2.56. The number of aliphatic carboxylic acids is 1. The van der Waals surface area contributed by atoms with E-state index in [1.807, 2.05) is 0 Å². The van der Waals surface area contributed by atoms with Crippen LogP contribution in [-0.4, -0.2) is 30.2 Å². The lowest BCUT2D eigenvalue weighted by Crippen LogP contribution is -2.33. The van der Waals surface area contributed by atoms with Gasteiger partial charge in [0.1, 0.15) is 0 Å². The lowest BCUT2D eigenvalue weighted by atomic mass is 10.2. The number of carbonyl (C=O) groups excluding carboxylic acids is 1. The van der Waals surface area contributed by atoms with E-state index in [1.165, 1.54) is 13.2 Å². The van der Waals surface area contributed by atoms with Gasteiger partial charge < -0.3 is 20.3 Å². The Balaban J connectivity index is 2.98. The zero-order valence-corrected chi connectivity index (χ0v) is 11.3. The highest BCUT2D eigenvalue weighted by atomic mass is 16.5. The van der Waals surface area contributed by atoms with E-state index in [0.717, 1.165) is 6.08 Å². The highest BCUT2D eigenvalue weighted by molar-refractivity contribution is 5.85. The van der Waals surface area contributed by atoms with Gasteiger partial charge in [-0.2, -0.15) is 0 Å². The first kappa shape index (κ1) is 15.6. The van der Waals surface area contributed by atoms with Crippen LogP contribution in [0.4, 0.5) is 0 Å². The van der Waals surface area contributed by atoms with Crippen LogP contribution in [0.2, 0.25) is 0 Å². The Morgan fingerprint density at radius 3 is 2.60 bits per heavy atom. The monoisotopic (exact) mass is 279 g/mol. The third-order valence-corrected chi connectivity index (χ3v) is 2.56. The van der Waals surface area contributed by atoms with Gasteiger partial charge in [0, 0.05) is 6.08 Å². The molecule has 1 amide bonds. The lowest BCUT2D eigenvalue weighted by molar-refractivity contribution is -0.131. The van der Waals surface area contributed by atoms with Gasteiger partial charge in [0.15, 0.2) is 17.6 Å². The topological polar surface area (TPSA) is 98.8 Å². The fourth-order valence-electron chi connectivity index (χ4n) is 1.55. The number of carboxylic acid groups (broad SMARTS) is 1. The average Bonchev–Trinajstić information content (AvgIpc) is 2.42. The third kappa shape index (κ3) is 4.31. The van der Waals surface area contributed by atoms with Crippen LogP contribution in [0.5, 0.6) is 11.5 Å². The van der Waals surface area contributed by atoms with Crippen molar-refractivity contribution in [3.63, 3.8) is 0 Å². The molecule has 0 saturated carbocycles. The number of primary amides is 1. The molecule has 1 rings (SSSR count). The highest BCUT2D eigenvalue weighted by Gasteiger charge is 2.17. The minimum atomic E-state index is -1.04. The molecule has 0 aromatic heterocycles. The number of carbonyl (C=O) groups is 2. The Kier molecular flexibility index (Phi) is 5.58. The first-order chi connectivity index (χ1) is 9.47. The maximum Gasteiger partial charge on any atom is 0.328 e. The minimum Gasteiger partial charge on any atom is -0.493 e. The fourth-order valence-corrected chi connectivity index (χ4v) is 1.55. The molecule has 20 heavy (non-hydrogen) atoms. The van der Waals surface area contributed by atoms with Gasteiger partial charge in [-0.25, -0.2) is 4.79 Å². The van der Waals surface area contributed by atoms with Crippen LogP contribution in [0.3, 0.4) is 0 Å². The van der Waals surface area contributed by atoms with E-state index in [2.05, 4.69) is 0 Å². The van der Waals surface area contributed by atoms with E-state index in [1.54, 1.807) is 25.1 Å². The highest BCUT2D eigenvalue weighted by Crippen LogP contribution is 2.29. The van der Waals surface area contributed by atoms with Gasteiger partial charge in [-0.15, -0.1) is 0 Å². The summed E-state index contributed by atoms with van der Waals surface area (Å²) in [5.41, 5.74) is 5.86. The van der Waals surface area contributed by atoms with E-state index in [0.29, 0.717) is 23.5 Å². The fraction of sp³-hybridized carbons (Fsp3) is 0.286. The standard InChI is InChI=1S/C14H17NO5/c1-3-10(14(15)18)20-11-6-4-9(5-7-13(16)17)8-12(11)19-2/h4-8,10H,3H2,1-2H3,(H2,15,18)(H,16,17). The molecule has 1 atom stereocenters. The number of carboxylic acids is 1. The summed E-state index contributed by atoms with van der Waals surface area (Å²) in [5, 5.41) is 8.57. The Labute approximate surface area is 116 Å². The summed E-state index contributed by atoms with van der Waals surface area (Å²) in [7, 11) is 1.46. The van der Waals surface area contributed by atoms with Crippen LogP contribution in [0, 0.1) is 0 Å². The molecule has 0 aliphatic carbocycles. The molecule has 0 saturated heterocycles. The summed E-state index contributed by atoms with van der Waals surface area (Å²) in [4.78, 5) is 21.6. The van der Waals surface area contributed by atoms with Crippen LogP contribution in [-0.2, 0) is 9.59 Å². The zero-order valence-electron chi connectivity index (χ0n) is 11.3. The molecular formula is C14H17NO5. The van der Waals surface area contributed by atoms with Crippen LogP contribution < -0.4 is 15.2 Å². The predicted molar refractivity (Wildman–Crippen MR) is 73.6 cm³/mol. The smallest absolute Gasteiger partial charge is 0.328 e. The van der Waals surface area contributed by atoms with Crippen molar-refractivity contribution >= 4 is 18.0 Å². The molecule has 108 valence electrons. The number of nitrogens with two attached hydrogens (primary N) is 1. The van der Waals surface area contributed by atoms with Gasteiger partial charge in [-0.1, -0.05) is 13.0 Å². The van der Waals surface area contributed by atoms with Crippen LogP contribution in [0.25, 0.3) is 6.08 Å². The Bertz CT molecular complexity index is 524. The van der Waals surface area contributed by atoms with Gasteiger partial charge in [-0.3, -0.25) is 4.79 Å². The quantitative estimate of drug-likeness (QED) is 0.736. The lowest BCUT2D eigenvalue weighted by Gasteiger charge is -2.16. The van der Waals surface area contributed by atoms with Gasteiger partial charge >= 0.3 is 5.97 Å². The number of rotatable bonds is 7. The molecule has 0 heterocycles. The van der Waals surface area contributed by atoms with Crippen molar-refractivity contribution in [3.05, 3.63) is 29.8 Å². The molecule has 3 N–H and O–H groups in total. The van der Waals surface area contributed by atoms with E-state index in [-0.39, 0.29) is 0 Å². The van der Waals surface area contributed by atoms with Gasteiger partial charge in [0.2, 0.25) is 0 Å². The maximum atomic E-state index is 11.2. The molecule has 0 aliphatic heterocycles. The van der Waals surface area contributed by atoms with Crippen molar-refractivity contribution in [2.24, 2.45) is 5.73 Å². The molecule has 0 radical (unpaired) electrons. The molecule has 0 fully saturated rings. The first-order valence-electron chi connectivity index (χ1n) is 6.03. The average molecular weight is 279 g/mol. The summed E-state index contributed by atoms with van der Waals surface area (Å²) >= 11 is 0. The molecule has 0 bridgehead atoms. The molecule has 6 heteroatoms. The summed E-state index contributed by atoms with van der Waals surface area (Å²) < 4.78 is 10.6. The first-order valence-corrected chi connectivity index (χ1v) is 6.03. The zero-order chi connectivity index (χ0) is 15.1. The number of methoxy groups -OCH3 is 1. The van der Waals surface area contributed by atoms with E-state index < -0.39 is 18.0 Å². The van der Waals surface area contributed by atoms with Crippen molar-refractivity contribution in [3.8, 4) is 11.5 Å². The van der Waals surface area contributed by atoms with Crippen molar-refractivity contribution < 1.29 is 24.2 Å². The molecule has 1 aromatic rings. The summed E-state index contributed by atoms with van der Waals surface area (Å²) in [6.07, 6.45) is 2.16. The Morgan fingerprint density at radius 1 is 1.40 bits per heavy atom. The van der Waals surface area contributed by atoms with Gasteiger partial charge in [-0.05, 0) is 30.2 Å². The molecule has 6 nitrogen and oxygen atoms in total. The van der Waals surface area contributed by atoms with Crippen LogP contribution in [0.1, 0.15) is 18.9 Å². The summed E-state index contributed by atoms with van der Waals surface area (Å²) in [6, 6.07) is 4.87. The van der Waals surface area contributed by atoms with E-state index in [4.69, 9.17) is 20.3 Å². The normalized spacial score (nSPS) is 12.1. The number of benzene rings is 1. The van der Waals surface area contributed by atoms with Crippen LogP contribution in [0.15, 0.2) is 24.3 Å². The van der Waals surface area contributed by atoms with Gasteiger partial charge in [0.05, 0.1) is 7.11 Å². The molecular weight excluding hydrogens is 262 g/mol. The molecule has 0 aliphatic rings. The maximum absolute atomic E-state index is 11.2. The number of hydrogen-bond acceptors (Lipinski definition) is 4. The van der Waals surface area contributed by atoms with Crippen molar-refractivity contribution in [2.45, 2.75) is 19.4 Å². The van der Waals surface area contributed by atoms with Crippen molar-refractivity contribution in [2.75, 3.05) is 7.11 Å². The summed E-state index contributed by atoms with van der Waals surface area (Å²) in [6.45, 7) is 1.78. The van der Waals surface area contributed by atoms with Crippen LogP contribution >= 0.6 is 0 Å². The van der Waals surface area contributed by atoms with E-state index >= 15 is 0 Å². The SMILES string of the molecule is CCC(Oc1ccc(C=CC(=O)O)cc1OC)C(N)=O. The second kappa shape index (κ2) is 7.18. The van der Waals surface area contributed by atoms with Crippen molar-refractivity contribution in [1.29, 1.82) is 0 Å². The summed E-state index contributed by atoms with van der Waals surface area (Å²) in [5.74, 6) is -0.809. The number of amides is 1. The molecule has 0 spiro atoms. The molecule has 1 aromatic carbocycles. The Morgan fingerprint density at radius 2 is 2.10 bits per heavy atom. The second-order valence-corrected chi connectivity index (χ2v) is 4.00. The largest absolute Gasteiger partial charge is 0.493 e. The van der Waals surface area contributed by atoms with Gasteiger partial charge in [0.25, 0.3) is 5.91 Å². The number of ether oxygens (including phenoxy) is 2.